The van der Waals surface area contributed by atoms with Gasteiger partial charge in [-0.25, -0.2) is 0 Å². The predicted octanol–water partition coefficient (Wildman–Crippen LogP) is 2.21. The summed E-state index contributed by atoms with van der Waals surface area (Å²) >= 11 is 0. The van der Waals surface area contributed by atoms with Crippen molar-refractivity contribution in [2.45, 2.75) is 44.6 Å². The van der Waals surface area contributed by atoms with Crippen molar-refractivity contribution in [3.63, 3.8) is 0 Å². The Morgan fingerprint density at radius 3 is 2.64 bits per heavy atom. The Labute approximate surface area is 166 Å². The predicted molar refractivity (Wildman–Crippen MR) is 106 cm³/mol. The monoisotopic (exact) mass is 392 g/mol. The number of methoxy groups -OCH3 is 1. The lowest BCUT2D eigenvalue weighted by Crippen LogP contribution is -2.51. The molecule has 0 aliphatic carbocycles. The highest BCUT2D eigenvalue weighted by atomic mass is 16.5. The first kappa shape index (κ1) is 20.7. The number of ether oxygens (including phenoxy) is 3. The summed E-state index contributed by atoms with van der Waals surface area (Å²) in [7, 11) is 1.56. The number of nitrogens with one attached hydrogen (secondary N) is 1. The van der Waals surface area contributed by atoms with E-state index >= 15 is 0 Å². The minimum atomic E-state index is -0.862. The zero-order chi connectivity index (χ0) is 20.0. The Balaban J connectivity index is 1.62. The molecule has 7 nitrogen and oxygen atoms in total. The Morgan fingerprint density at radius 2 is 1.96 bits per heavy atom. The number of carbonyl (C=O) groups is 1. The molecule has 7 heteroatoms. The Bertz CT molecular complexity index is 671. The fourth-order valence-electron chi connectivity index (χ4n) is 3.66. The van der Waals surface area contributed by atoms with Crippen molar-refractivity contribution < 1.29 is 24.1 Å². The van der Waals surface area contributed by atoms with Crippen LogP contribution in [0.1, 0.15) is 49.4 Å². The molecule has 0 radical (unpaired) electrons. The number of amides is 1. The number of rotatable bonds is 7. The molecule has 2 aliphatic heterocycles. The van der Waals surface area contributed by atoms with Crippen LogP contribution in [0.2, 0.25) is 0 Å². The highest BCUT2D eigenvalue weighted by Gasteiger charge is 2.33. The number of aliphatic hydroxyl groups is 1. The zero-order valence-electron chi connectivity index (χ0n) is 17.0. The molecule has 0 saturated carbocycles. The zero-order valence-corrected chi connectivity index (χ0v) is 17.0. The summed E-state index contributed by atoms with van der Waals surface area (Å²) in [6.07, 6.45) is 4.43. The molecule has 1 fully saturated rings. The summed E-state index contributed by atoms with van der Waals surface area (Å²) in [5.74, 6) is 1.16. The van der Waals surface area contributed by atoms with Crippen LogP contribution in [0.25, 0.3) is 0 Å². The summed E-state index contributed by atoms with van der Waals surface area (Å²) in [6, 6.07) is 3.39. The van der Waals surface area contributed by atoms with Gasteiger partial charge in [0.1, 0.15) is 0 Å². The molecule has 0 atom stereocenters. The van der Waals surface area contributed by atoms with Gasteiger partial charge < -0.3 is 29.5 Å². The van der Waals surface area contributed by atoms with Crippen LogP contribution in [-0.2, 0) is 0 Å². The first-order valence-corrected chi connectivity index (χ1v) is 10.3. The maximum Gasteiger partial charge on any atom is 0.255 e. The van der Waals surface area contributed by atoms with Crippen molar-refractivity contribution in [3.8, 4) is 17.2 Å². The fourth-order valence-corrected chi connectivity index (χ4v) is 3.66. The second-order valence-electron chi connectivity index (χ2n) is 7.63. The van der Waals surface area contributed by atoms with Crippen LogP contribution in [0.4, 0.5) is 0 Å². The minimum absolute atomic E-state index is 0.231. The third-order valence-corrected chi connectivity index (χ3v) is 5.51. The van der Waals surface area contributed by atoms with Crippen molar-refractivity contribution in [1.82, 2.24) is 10.2 Å². The number of benzene rings is 1. The maximum atomic E-state index is 12.8. The first-order chi connectivity index (χ1) is 13.6. The summed E-state index contributed by atoms with van der Waals surface area (Å²) in [5, 5.41) is 13.7. The molecular weight excluding hydrogens is 360 g/mol. The molecule has 1 aromatic carbocycles. The highest BCUT2D eigenvalue weighted by molar-refractivity contribution is 5.98. The van der Waals surface area contributed by atoms with E-state index in [9.17, 15) is 9.90 Å². The van der Waals surface area contributed by atoms with Crippen LogP contribution >= 0.6 is 0 Å². The molecule has 3 rings (SSSR count). The van der Waals surface area contributed by atoms with Gasteiger partial charge in [-0.3, -0.25) is 4.79 Å². The molecule has 1 aromatic rings. The van der Waals surface area contributed by atoms with E-state index in [4.69, 9.17) is 14.2 Å². The topological polar surface area (TPSA) is 80.3 Å². The van der Waals surface area contributed by atoms with E-state index in [0.29, 0.717) is 48.9 Å². The van der Waals surface area contributed by atoms with Crippen molar-refractivity contribution in [3.05, 3.63) is 17.7 Å². The summed E-state index contributed by atoms with van der Waals surface area (Å²) in [6.45, 7) is 6.22. The number of unbranched alkanes of at least 4 members (excludes halogenated alkanes) is 1. The molecule has 0 spiro atoms. The SMILES string of the molecule is CCCCN1CCC(O)(CNC(=O)c2ccc(OC)c3c2OCCCO3)CC1. The smallest absolute Gasteiger partial charge is 0.255 e. The van der Waals surface area contributed by atoms with E-state index < -0.39 is 5.60 Å². The number of nitrogens with zero attached hydrogens (tertiary/aromatic N) is 1. The van der Waals surface area contributed by atoms with E-state index in [1.54, 1.807) is 19.2 Å². The third kappa shape index (κ3) is 4.89. The van der Waals surface area contributed by atoms with E-state index in [2.05, 4.69) is 17.1 Å². The normalized spacial score (nSPS) is 19.0. The average Bonchev–Trinajstić information content (AvgIpc) is 2.97. The van der Waals surface area contributed by atoms with Crippen LogP contribution in [0.15, 0.2) is 12.1 Å². The fraction of sp³-hybridized carbons (Fsp3) is 0.667. The van der Waals surface area contributed by atoms with Crippen LogP contribution in [0.5, 0.6) is 17.2 Å². The number of piperidine rings is 1. The molecule has 0 bridgehead atoms. The van der Waals surface area contributed by atoms with Gasteiger partial charge >= 0.3 is 0 Å². The quantitative estimate of drug-likeness (QED) is 0.741. The van der Waals surface area contributed by atoms with Crippen LogP contribution in [0.3, 0.4) is 0 Å². The Hall–Kier alpha value is -1.99. The standard InChI is InChI=1S/C21H32N2O5/c1-3-4-10-23-11-8-21(25,9-12-23)15-22-20(24)16-6-7-17(26-2)19-18(16)27-13-5-14-28-19/h6-7,25H,3-5,8-15H2,1-2H3,(H,22,24). The van der Waals surface area contributed by atoms with Crippen molar-refractivity contribution in [2.24, 2.45) is 0 Å². The number of hydrogen-bond acceptors (Lipinski definition) is 6. The number of likely N-dealkylation sites (tertiary alicyclic amines) is 1. The van der Waals surface area contributed by atoms with Gasteiger partial charge in [0.25, 0.3) is 5.91 Å². The van der Waals surface area contributed by atoms with Crippen LogP contribution in [-0.4, -0.2) is 68.0 Å². The molecule has 28 heavy (non-hydrogen) atoms. The average molecular weight is 392 g/mol. The van der Waals surface area contributed by atoms with Crippen molar-refractivity contribution in [1.29, 1.82) is 0 Å². The summed E-state index contributed by atoms with van der Waals surface area (Å²) < 4.78 is 16.8. The van der Waals surface area contributed by atoms with Crippen molar-refractivity contribution in [2.75, 3.05) is 46.5 Å². The lowest BCUT2D eigenvalue weighted by molar-refractivity contribution is -0.0191. The van der Waals surface area contributed by atoms with Gasteiger partial charge in [0.2, 0.25) is 5.75 Å². The summed E-state index contributed by atoms with van der Waals surface area (Å²) in [4.78, 5) is 15.2. The minimum Gasteiger partial charge on any atom is -0.493 e. The van der Waals surface area contributed by atoms with Gasteiger partial charge in [-0.1, -0.05) is 13.3 Å². The molecule has 2 heterocycles. The second kappa shape index (κ2) is 9.47. The Morgan fingerprint density at radius 1 is 1.25 bits per heavy atom. The molecule has 1 amide bonds. The van der Waals surface area contributed by atoms with E-state index in [0.717, 1.165) is 26.1 Å². The maximum absolute atomic E-state index is 12.8. The Kier molecular flexibility index (Phi) is 7.02. The van der Waals surface area contributed by atoms with Crippen molar-refractivity contribution >= 4 is 5.91 Å². The third-order valence-electron chi connectivity index (χ3n) is 5.51. The lowest BCUT2D eigenvalue weighted by Gasteiger charge is -2.38. The number of hydrogen-bond donors (Lipinski definition) is 2. The van der Waals surface area contributed by atoms with Gasteiger partial charge in [-0.15, -0.1) is 0 Å². The number of carbonyl (C=O) groups excluding carboxylic acids is 1. The largest absolute Gasteiger partial charge is 0.493 e. The van der Waals surface area contributed by atoms with Crippen LogP contribution in [0, 0.1) is 0 Å². The van der Waals surface area contributed by atoms with E-state index in [1.165, 1.54) is 12.8 Å². The number of fused-ring (bicyclic) bond motifs is 1. The second-order valence-corrected chi connectivity index (χ2v) is 7.63. The van der Waals surface area contributed by atoms with Gasteiger partial charge in [-0.05, 0) is 37.9 Å². The lowest BCUT2D eigenvalue weighted by atomic mass is 9.91. The molecule has 0 unspecified atom stereocenters. The molecule has 156 valence electrons. The van der Waals surface area contributed by atoms with Crippen LogP contribution < -0.4 is 19.5 Å². The molecule has 1 saturated heterocycles. The molecule has 2 N–H and O–H groups in total. The molecule has 0 aromatic heterocycles. The van der Waals surface area contributed by atoms with E-state index in [-0.39, 0.29) is 12.5 Å². The van der Waals surface area contributed by atoms with Gasteiger partial charge in [-0.2, -0.15) is 0 Å². The van der Waals surface area contributed by atoms with Gasteiger partial charge in [0, 0.05) is 26.1 Å². The summed E-state index contributed by atoms with van der Waals surface area (Å²) in [5.41, 5.74) is -0.458. The first-order valence-electron chi connectivity index (χ1n) is 10.3. The highest BCUT2D eigenvalue weighted by Crippen LogP contribution is 2.41. The van der Waals surface area contributed by atoms with E-state index in [1.807, 2.05) is 0 Å². The van der Waals surface area contributed by atoms with Gasteiger partial charge in [0.15, 0.2) is 11.5 Å². The molecule has 2 aliphatic rings. The molecular formula is C21H32N2O5. The van der Waals surface area contributed by atoms with Gasteiger partial charge in [0.05, 0.1) is 31.5 Å².